The molecule has 0 aromatic heterocycles. The fourth-order valence-electron chi connectivity index (χ4n) is 4.95. The average molecular weight is 491 g/mol. The van der Waals surface area contributed by atoms with Gasteiger partial charge in [-0.2, -0.15) is 0 Å². The van der Waals surface area contributed by atoms with Crippen molar-refractivity contribution in [1.82, 2.24) is 0 Å². The van der Waals surface area contributed by atoms with Crippen molar-refractivity contribution in [2.75, 3.05) is 13.7 Å². The number of carbonyl (C=O) groups excluding carboxylic acids is 1. The fourth-order valence-corrected chi connectivity index (χ4v) is 4.95. The van der Waals surface area contributed by atoms with Crippen molar-refractivity contribution in [2.24, 2.45) is 0 Å². The molecule has 1 unspecified atom stereocenters. The van der Waals surface area contributed by atoms with Crippen molar-refractivity contribution in [2.45, 2.75) is 64.9 Å². The lowest BCUT2D eigenvalue weighted by atomic mass is 9.81. The second-order valence-corrected chi connectivity index (χ2v) is 10.4. The molecule has 0 spiro atoms. The molecular weight excluding hydrogens is 455 g/mol. The smallest absolute Gasteiger partial charge is 0.306 e. The Hall–Kier alpha value is -3.34. The normalized spacial score (nSPS) is 14.9. The van der Waals surface area contributed by atoms with E-state index in [0.29, 0.717) is 30.9 Å². The van der Waals surface area contributed by atoms with E-state index >= 15 is 0 Å². The Kier molecular flexibility index (Phi) is 7.67. The molecule has 3 aromatic rings. The van der Waals surface area contributed by atoms with Gasteiger partial charge in [0.25, 0.3) is 0 Å². The van der Waals surface area contributed by atoms with E-state index in [1.807, 2.05) is 25.1 Å². The molecule has 0 radical (unpaired) electrons. The lowest BCUT2D eigenvalue weighted by molar-refractivity contribution is -0.143. The van der Waals surface area contributed by atoms with Gasteiger partial charge in [-0.25, -0.2) is 4.39 Å². The maximum Gasteiger partial charge on any atom is 0.306 e. The van der Waals surface area contributed by atoms with Crippen molar-refractivity contribution < 1.29 is 23.4 Å². The molecule has 1 aliphatic rings. The van der Waals surface area contributed by atoms with Gasteiger partial charge in [-0.3, -0.25) is 4.79 Å². The topological polar surface area (TPSA) is 44.8 Å². The Bertz CT molecular complexity index is 1240. The van der Waals surface area contributed by atoms with E-state index in [9.17, 15) is 9.18 Å². The summed E-state index contributed by atoms with van der Waals surface area (Å²) in [4.78, 5) is 12.0. The summed E-state index contributed by atoms with van der Waals surface area (Å²) in [6.45, 7) is 8.95. The highest BCUT2D eigenvalue weighted by atomic mass is 19.1. The summed E-state index contributed by atoms with van der Waals surface area (Å²) >= 11 is 0. The third-order valence-corrected chi connectivity index (χ3v) is 6.80. The van der Waals surface area contributed by atoms with Crippen LogP contribution in [0.3, 0.4) is 0 Å². The van der Waals surface area contributed by atoms with Gasteiger partial charge in [0.2, 0.25) is 0 Å². The third kappa shape index (κ3) is 5.72. The zero-order valence-electron chi connectivity index (χ0n) is 21.8. The number of aryl methyl sites for hydroxylation is 1. The maximum absolute atomic E-state index is 14.9. The van der Waals surface area contributed by atoms with E-state index in [1.54, 1.807) is 19.2 Å². The number of methoxy groups -OCH3 is 1. The van der Waals surface area contributed by atoms with Crippen molar-refractivity contribution in [3.05, 3.63) is 82.7 Å². The molecule has 1 aliphatic carbocycles. The standard InChI is InChI=1S/C31H35FO4/c1-6-35-30(33)16-22-9-8-21-10-11-24(18-25(21)22)36-19-20-7-13-28(31(2,3)4)26(15-20)27-17-23(34-5)12-14-29(27)32/h7,10-15,17-18,22H,6,8-9,16,19H2,1-5H3. The van der Waals surface area contributed by atoms with Gasteiger partial charge >= 0.3 is 5.97 Å². The molecule has 0 aliphatic heterocycles. The molecule has 0 saturated carbocycles. The van der Waals surface area contributed by atoms with Crippen LogP contribution in [-0.4, -0.2) is 19.7 Å². The van der Waals surface area contributed by atoms with Crippen LogP contribution < -0.4 is 9.47 Å². The van der Waals surface area contributed by atoms with Crippen molar-refractivity contribution in [3.8, 4) is 22.6 Å². The lowest BCUT2D eigenvalue weighted by Crippen LogP contribution is -2.13. The highest BCUT2D eigenvalue weighted by Gasteiger charge is 2.26. The second-order valence-electron chi connectivity index (χ2n) is 10.4. The van der Waals surface area contributed by atoms with Gasteiger partial charge in [0, 0.05) is 5.56 Å². The monoisotopic (exact) mass is 490 g/mol. The largest absolute Gasteiger partial charge is 0.497 e. The van der Waals surface area contributed by atoms with Crippen molar-refractivity contribution in [3.63, 3.8) is 0 Å². The van der Waals surface area contributed by atoms with Crippen LogP contribution in [0.25, 0.3) is 11.1 Å². The number of hydrogen-bond acceptors (Lipinski definition) is 4. The van der Waals surface area contributed by atoms with Crippen LogP contribution in [0.5, 0.6) is 11.5 Å². The Morgan fingerprint density at radius 2 is 1.78 bits per heavy atom. The molecule has 0 heterocycles. The molecule has 0 amide bonds. The zero-order chi connectivity index (χ0) is 25.9. The van der Waals surface area contributed by atoms with Gasteiger partial charge in [0.05, 0.1) is 20.1 Å². The van der Waals surface area contributed by atoms with Gasteiger partial charge in [0.1, 0.15) is 23.9 Å². The second kappa shape index (κ2) is 10.7. The van der Waals surface area contributed by atoms with Gasteiger partial charge in [-0.1, -0.05) is 39.0 Å². The van der Waals surface area contributed by atoms with Crippen LogP contribution >= 0.6 is 0 Å². The first-order chi connectivity index (χ1) is 17.2. The molecule has 5 heteroatoms. The molecule has 4 rings (SSSR count). The van der Waals surface area contributed by atoms with E-state index in [2.05, 4.69) is 39.0 Å². The van der Waals surface area contributed by atoms with Crippen LogP contribution in [0.4, 0.5) is 4.39 Å². The van der Waals surface area contributed by atoms with Gasteiger partial charge < -0.3 is 14.2 Å². The number of carbonyl (C=O) groups is 1. The zero-order valence-corrected chi connectivity index (χ0v) is 21.8. The molecule has 0 saturated heterocycles. The minimum absolute atomic E-state index is 0.155. The molecule has 190 valence electrons. The summed E-state index contributed by atoms with van der Waals surface area (Å²) in [7, 11) is 1.58. The quantitative estimate of drug-likeness (QED) is 0.310. The summed E-state index contributed by atoms with van der Waals surface area (Å²) in [6, 6.07) is 17.1. The fraction of sp³-hybridized carbons (Fsp3) is 0.387. The highest BCUT2D eigenvalue weighted by molar-refractivity contribution is 5.72. The van der Waals surface area contributed by atoms with Crippen LogP contribution in [0.2, 0.25) is 0 Å². The minimum Gasteiger partial charge on any atom is -0.497 e. The summed E-state index contributed by atoms with van der Waals surface area (Å²) in [5, 5.41) is 0. The minimum atomic E-state index is -0.286. The molecule has 0 bridgehead atoms. The average Bonchev–Trinajstić information content (AvgIpc) is 3.24. The summed E-state index contributed by atoms with van der Waals surface area (Å²) in [6.07, 6.45) is 2.30. The summed E-state index contributed by atoms with van der Waals surface area (Å²) < 4.78 is 31.6. The van der Waals surface area contributed by atoms with Crippen LogP contribution in [0.15, 0.2) is 54.6 Å². The first-order valence-electron chi connectivity index (χ1n) is 12.6. The number of halogens is 1. The summed E-state index contributed by atoms with van der Waals surface area (Å²) in [5.41, 5.74) is 5.62. The molecule has 0 fully saturated rings. The first kappa shape index (κ1) is 25.7. The molecule has 1 atom stereocenters. The Morgan fingerprint density at radius 1 is 1.00 bits per heavy atom. The van der Waals surface area contributed by atoms with Gasteiger partial charge in [0.15, 0.2) is 0 Å². The van der Waals surface area contributed by atoms with E-state index in [1.165, 1.54) is 17.2 Å². The third-order valence-electron chi connectivity index (χ3n) is 6.80. The van der Waals surface area contributed by atoms with Crippen LogP contribution in [0, 0.1) is 5.82 Å². The van der Waals surface area contributed by atoms with Gasteiger partial charge in [-0.15, -0.1) is 0 Å². The van der Waals surface area contributed by atoms with E-state index in [4.69, 9.17) is 14.2 Å². The molecular formula is C31H35FO4. The molecule has 36 heavy (non-hydrogen) atoms. The van der Waals surface area contributed by atoms with E-state index in [-0.39, 0.29) is 23.1 Å². The SMILES string of the molecule is CCOC(=O)CC1CCc2ccc(OCc3ccc(C(C)(C)C)c(-c4cc(OC)ccc4F)c3)cc21. The maximum atomic E-state index is 14.9. The predicted molar refractivity (Wildman–Crippen MR) is 140 cm³/mol. The number of fused-ring (bicyclic) bond motifs is 1. The van der Waals surface area contributed by atoms with E-state index in [0.717, 1.165) is 35.3 Å². The number of ether oxygens (including phenoxy) is 3. The highest BCUT2D eigenvalue weighted by Crippen LogP contribution is 2.39. The number of esters is 1. The molecule has 4 nitrogen and oxygen atoms in total. The lowest BCUT2D eigenvalue weighted by Gasteiger charge is -2.24. The Labute approximate surface area is 213 Å². The molecule has 0 N–H and O–H groups in total. The van der Waals surface area contributed by atoms with Crippen molar-refractivity contribution >= 4 is 5.97 Å². The van der Waals surface area contributed by atoms with Crippen molar-refractivity contribution in [1.29, 1.82) is 0 Å². The predicted octanol–water partition coefficient (Wildman–Crippen LogP) is 7.36. The van der Waals surface area contributed by atoms with Crippen LogP contribution in [0.1, 0.15) is 68.7 Å². The number of benzene rings is 3. The summed E-state index contributed by atoms with van der Waals surface area (Å²) in [5.74, 6) is 1.10. The van der Waals surface area contributed by atoms with Crippen LogP contribution in [-0.2, 0) is 28.0 Å². The van der Waals surface area contributed by atoms with E-state index < -0.39 is 0 Å². The first-order valence-corrected chi connectivity index (χ1v) is 12.6. The Morgan fingerprint density at radius 3 is 2.50 bits per heavy atom. The Balaban J connectivity index is 1.58. The molecule has 3 aromatic carbocycles. The van der Waals surface area contributed by atoms with Gasteiger partial charge in [-0.05, 0) is 95.3 Å². The number of hydrogen-bond donors (Lipinski definition) is 0. The number of rotatable bonds is 8.